The maximum atomic E-state index is 12.2. The van der Waals surface area contributed by atoms with E-state index in [9.17, 15) is 4.79 Å². The van der Waals surface area contributed by atoms with Crippen molar-refractivity contribution >= 4 is 22.6 Å². The smallest absolute Gasteiger partial charge is 0.291 e. The molecule has 0 aliphatic heterocycles. The Kier molecular flexibility index (Phi) is 3.57. The van der Waals surface area contributed by atoms with E-state index in [1.165, 1.54) is 11.8 Å². The molecular formula is C19H16N4O2. The molecule has 0 aliphatic rings. The fraction of sp³-hybridized carbons (Fsp3) is 0.105. The number of nitrogens with zero attached hydrogens (tertiary/aromatic N) is 3. The number of anilines is 1. The molecule has 2 heterocycles. The summed E-state index contributed by atoms with van der Waals surface area (Å²) in [7, 11) is 0. The number of hydrogen-bond acceptors (Lipinski definition) is 4. The molecule has 0 atom stereocenters. The van der Waals surface area contributed by atoms with Crippen LogP contribution >= 0.6 is 0 Å². The highest BCUT2D eigenvalue weighted by molar-refractivity contribution is 6.03. The topological polar surface area (TPSA) is 73.0 Å². The number of rotatable bonds is 3. The molecule has 1 amide bonds. The molecule has 0 fully saturated rings. The number of carbonyl (C=O) groups is 1. The van der Waals surface area contributed by atoms with Crippen molar-refractivity contribution in [3.63, 3.8) is 0 Å². The van der Waals surface area contributed by atoms with Gasteiger partial charge in [0, 0.05) is 5.69 Å². The monoisotopic (exact) mass is 332 g/mol. The van der Waals surface area contributed by atoms with Gasteiger partial charge in [-0.1, -0.05) is 17.7 Å². The molecule has 2 aromatic heterocycles. The first-order valence-corrected chi connectivity index (χ1v) is 7.90. The zero-order valence-electron chi connectivity index (χ0n) is 13.9. The number of aryl methyl sites for hydroxylation is 2. The molecule has 6 heteroatoms. The normalized spacial score (nSPS) is 11.0. The van der Waals surface area contributed by atoms with Crippen molar-refractivity contribution in [2.24, 2.45) is 0 Å². The second-order valence-electron chi connectivity index (χ2n) is 5.91. The minimum atomic E-state index is -0.293. The summed E-state index contributed by atoms with van der Waals surface area (Å²) in [5, 5.41) is 11.9. The first kappa shape index (κ1) is 15.1. The molecule has 6 nitrogen and oxygen atoms in total. The van der Waals surface area contributed by atoms with Crippen LogP contribution in [0.5, 0.6) is 0 Å². The molecule has 25 heavy (non-hydrogen) atoms. The Morgan fingerprint density at radius 2 is 1.76 bits per heavy atom. The molecule has 4 rings (SSSR count). The van der Waals surface area contributed by atoms with Gasteiger partial charge in [-0.05, 0) is 55.8 Å². The summed E-state index contributed by atoms with van der Waals surface area (Å²) in [5.74, 6) is -0.0267. The number of furan rings is 1. The summed E-state index contributed by atoms with van der Waals surface area (Å²) in [6.45, 7) is 3.95. The summed E-state index contributed by atoms with van der Waals surface area (Å²) < 4.78 is 5.12. The van der Waals surface area contributed by atoms with Crippen molar-refractivity contribution in [3.8, 4) is 5.69 Å². The summed E-state index contributed by atoms with van der Waals surface area (Å²) in [6.07, 6.45) is 1.47. The second kappa shape index (κ2) is 5.90. The zero-order valence-corrected chi connectivity index (χ0v) is 13.9. The Hall–Kier alpha value is -3.41. The summed E-state index contributed by atoms with van der Waals surface area (Å²) in [5.41, 5.74) is 5.14. The third-order valence-corrected chi connectivity index (χ3v) is 3.98. The van der Waals surface area contributed by atoms with Gasteiger partial charge in [-0.3, -0.25) is 4.79 Å². The van der Waals surface area contributed by atoms with Crippen LogP contribution in [0.4, 0.5) is 5.69 Å². The van der Waals surface area contributed by atoms with Crippen LogP contribution in [0, 0.1) is 13.8 Å². The zero-order chi connectivity index (χ0) is 17.4. The first-order valence-electron chi connectivity index (χ1n) is 7.90. The van der Waals surface area contributed by atoms with Gasteiger partial charge >= 0.3 is 0 Å². The van der Waals surface area contributed by atoms with E-state index in [0.29, 0.717) is 11.2 Å². The van der Waals surface area contributed by atoms with Crippen LogP contribution < -0.4 is 5.32 Å². The Morgan fingerprint density at radius 3 is 2.44 bits per heavy atom. The number of nitrogens with one attached hydrogen (secondary N) is 1. The lowest BCUT2D eigenvalue weighted by Crippen LogP contribution is -2.11. The maximum Gasteiger partial charge on any atom is 0.291 e. The van der Waals surface area contributed by atoms with Gasteiger partial charge in [-0.25, -0.2) is 0 Å². The molecule has 0 aliphatic carbocycles. The summed E-state index contributed by atoms with van der Waals surface area (Å²) >= 11 is 0. The number of benzene rings is 2. The predicted octanol–water partition coefficient (Wildman–Crippen LogP) is 3.88. The largest absolute Gasteiger partial charge is 0.459 e. The van der Waals surface area contributed by atoms with Gasteiger partial charge in [0.05, 0.1) is 12.0 Å². The average Bonchev–Trinajstić information content (AvgIpc) is 3.25. The van der Waals surface area contributed by atoms with E-state index in [1.54, 1.807) is 16.9 Å². The van der Waals surface area contributed by atoms with Crippen molar-refractivity contribution in [2.75, 3.05) is 5.32 Å². The van der Waals surface area contributed by atoms with Crippen molar-refractivity contribution in [3.05, 3.63) is 71.7 Å². The third-order valence-electron chi connectivity index (χ3n) is 3.98. The van der Waals surface area contributed by atoms with Gasteiger partial charge in [-0.2, -0.15) is 4.80 Å². The minimum Gasteiger partial charge on any atom is -0.459 e. The number of amides is 1. The Labute approximate surface area is 144 Å². The van der Waals surface area contributed by atoms with Gasteiger partial charge in [0.1, 0.15) is 11.0 Å². The van der Waals surface area contributed by atoms with E-state index in [2.05, 4.69) is 15.5 Å². The minimum absolute atomic E-state index is 0.266. The number of fused-ring (bicyclic) bond motifs is 1. The number of hydrogen-bond donors (Lipinski definition) is 1. The van der Waals surface area contributed by atoms with Crippen LogP contribution in [0.3, 0.4) is 0 Å². The van der Waals surface area contributed by atoms with Crippen molar-refractivity contribution < 1.29 is 9.21 Å². The molecule has 1 N–H and O–H groups in total. The predicted molar refractivity (Wildman–Crippen MR) is 95.0 cm³/mol. The van der Waals surface area contributed by atoms with E-state index < -0.39 is 0 Å². The Morgan fingerprint density at radius 1 is 1.04 bits per heavy atom. The van der Waals surface area contributed by atoms with E-state index >= 15 is 0 Å². The van der Waals surface area contributed by atoms with Crippen LogP contribution in [0.25, 0.3) is 16.7 Å². The van der Waals surface area contributed by atoms with Crippen LogP contribution in [-0.4, -0.2) is 20.9 Å². The van der Waals surface area contributed by atoms with Crippen LogP contribution in [0.1, 0.15) is 21.7 Å². The Bertz CT molecular complexity index is 1050. The number of aromatic nitrogens is 3. The molecule has 0 saturated heterocycles. The molecule has 0 radical (unpaired) electrons. The maximum absolute atomic E-state index is 12.2. The van der Waals surface area contributed by atoms with Gasteiger partial charge in [0.15, 0.2) is 5.76 Å². The molecule has 4 aromatic rings. The first-order chi connectivity index (χ1) is 12.1. The lowest BCUT2D eigenvalue weighted by atomic mass is 10.1. The van der Waals surface area contributed by atoms with Crippen molar-refractivity contribution in [1.82, 2.24) is 15.0 Å². The SMILES string of the molecule is Cc1ccc(-n2nc3cc(C)c(NC(=O)c4ccco4)cc3n2)cc1. The summed E-state index contributed by atoms with van der Waals surface area (Å²) in [4.78, 5) is 13.8. The van der Waals surface area contributed by atoms with Crippen molar-refractivity contribution in [2.45, 2.75) is 13.8 Å². The lowest BCUT2D eigenvalue weighted by molar-refractivity contribution is 0.0996. The second-order valence-corrected chi connectivity index (χ2v) is 5.91. The lowest BCUT2D eigenvalue weighted by Gasteiger charge is -2.06. The van der Waals surface area contributed by atoms with Gasteiger partial charge < -0.3 is 9.73 Å². The van der Waals surface area contributed by atoms with E-state index in [-0.39, 0.29) is 11.7 Å². The highest BCUT2D eigenvalue weighted by Gasteiger charge is 2.13. The third kappa shape index (κ3) is 2.89. The fourth-order valence-electron chi connectivity index (χ4n) is 2.59. The molecule has 124 valence electrons. The Balaban J connectivity index is 1.69. The van der Waals surface area contributed by atoms with Gasteiger partial charge in [-0.15, -0.1) is 10.2 Å². The highest BCUT2D eigenvalue weighted by atomic mass is 16.3. The summed E-state index contributed by atoms with van der Waals surface area (Å²) in [6, 6.07) is 15.0. The fourth-order valence-corrected chi connectivity index (χ4v) is 2.59. The highest BCUT2D eigenvalue weighted by Crippen LogP contribution is 2.23. The molecule has 0 saturated carbocycles. The molecule has 0 spiro atoms. The van der Waals surface area contributed by atoms with E-state index in [4.69, 9.17) is 4.42 Å². The standard InChI is InChI=1S/C19H16N4O2/c1-12-5-7-14(8-6-12)23-21-16-10-13(2)15(11-17(16)22-23)20-19(24)18-4-3-9-25-18/h3-11H,1-2H3,(H,20,24). The average molecular weight is 332 g/mol. The van der Waals surface area contributed by atoms with Gasteiger partial charge in [0.2, 0.25) is 0 Å². The van der Waals surface area contributed by atoms with Gasteiger partial charge in [0.25, 0.3) is 5.91 Å². The molecule has 2 aromatic carbocycles. The molecule has 0 bridgehead atoms. The van der Waals surface area contributed by atoms with Crippen LogP contribution in [-0.2, 0) is 0 Å². The quantitative estimate of drug-likeness (QED) is 0.618. The molecular weight excluding hydrogens is 316 g/mol. The van der Waals surface area contributed by atoms with Crippen molar-refractivity contribution in [1.29, 1.82) is 0 Å². The molecule has 0 unspecified atom stereocenters. The van der Waals surface area contributed by atoms with E-state index in [0.717, 1.165) is 16.8 Å². The number of carbonyl (C=O) groups excluding carboxylic acids is 1. The van der Waals surface area contributed by atoms with Crippen LogP contribution in [0.2, 0.25) is 0 Å². The van der Waals surface area contributed by atoms with E-state index in [1.807, 2.05) is 50.2 Å². The van der Waals surface area contributed by atoms with Crippen LogP contribution in [0.15, 0.2) is 59.2 Å².